The Morgan fingerprint density at radius 2 is 1.44 bits per heavy atom. The Hall–Kier alpha value is -4.14. The van der Waals surface area contributed by atoms with Crippen molar-refractivity contribution in [2.24, 2.45) is 0 Å². The number of halogens is 1. The van der Waals surface area contributed by atoms with Crippen LogP contribution in [0.15, 0.2) is 114 Å². The van der Waals surface area contributed by atoms with Gasteiger partial charge in [0.15, 0.2) is 0 Å². The first-order valence-electron chi connectivity index (χ1n) is 13.1. The van der Waals surface area contributed by atoms with Gasteiger partial charge in [-0.25, -0.2) is 8.42 Å². The van der Waals surface area contributed by atoms with Gasteiger partial charge in [0, 0.05) is 25.0 Å². The first-order valence-corrected chi connectivity index (χ1v) is 14.9. The quantitative estimate of drug-likeness (QED) is 0.260. The van der Waals surface area contributed by atoms with Gasteiger partial charge in [-0.05, 0) is 54.4 Å². The van der Waals surface area contributed by atoms with E-state index in [9.17, 15) is 18.0 Å². The van der Waals surface area contributed by atoms with Gasteiger partial charge in [0.05, 0.1) is 10.6 Å². The van der Waals surface area contributed by atoms with Gasteiger partial charge >= 0.3 is 0 Å². The second-order valence-corrected chi connectivity index (χ2v) is 11.9. The number of para-hydroxylation sites is 1. The molecule has 0 radical (unpaired) electrons. The fourth-order valence-corrected chi connectivity index (χ4v) is 6.12. The van der Waals surface area contributed by atoms with Gasteiger partial charge in [-0.1, -0.05) is 90.0 Å². The zero-order chi connectivity index (χ0) is 29.4. The third kappa shape index (κ3) is 7.54. The zero-order valence-corrected chi connectivity index (χ0v) is 24.5. The molecular weight excluding hydrogens is 558 g/mol. The molecule has 0 saturated heterocycles. The summed E-state index contributed by atoms with van der Waals surface area (Å²) in [7, 11) is -2.64. The molecule has 0 aliphatic heterocycles. The fraction of sp³-hybridized carbons (Fsp3) is 0.188. The normalized spacial score (nSPS) is 11.9. The van der Waals surface area contributed by atoms with Crippen molar-refractivity contribution in [3.63, 3.8) is 0 Å². The van der Waals surface area contributed by atoms with Crippen molar-refractivity contribution in [1.82, 2.24) is 10.2 Å². The molecule has 1 N–H and O–H groups in total. The van der Waals surface area contributed by atoms with E-state index in [0.29, 0.717) is 10.7 Å². The number of likely N-dealkylation sites (N-methyl/N-ethyl adjacent to an activating group) is 1. The summed E-state index contributed by atoms with van der Waals surface area (Å²) in [6, 6.07) is 30.4. The number of carbonyl (C=O) groups is 2. The largest absolute Gasteiger partial charge is 0.357 e. The lowest BCUT2D eigenvalue weighted by Crippen LogP contribution is -2.53. The number of carbonyl (C=O) groups excluding carboxylic acids is 2. The number of benzene rings is 4. The molecule has 7 nitrogen and oxygen atoms in total. The third-order valence-corrected chi connectivity index (χ3v) is 8.72. The Kier molecular flexibility index (Phi) is 9.81. The maximum absolute atomic E-state index is 14.2. The number of sulfonamides is 1. The summed E-state index contributed by atoms with van der Waals surface area (Å²) in [5.74, 6) is -0.862. The van der Waals surface area contributed by atoms with Crippen molar-refractivity contribution in [1.29, 1.82) is 0 Å². The number of anilines is 1. The highest BCUT2D eigenvalue weighted by Gasteiger charge is 2.34. The number of hydrogen-bond acceptors (Lipinski definition) is 4. The van der Waals surface area contributed by atoms with E-state index in [2.05, 4.69) is 5.32 Å². The highest BCUT2D eigenvalue weighted by Crippen LogP contribution is 2.26. The molecule has 4 aromatic rings. The molecule has 0 bridgehead atoms. The molecular formula is C32H32ClN3O4S. The summed E-state index contributed by atoms with van der Waals surface area (Å²) in [6.07, 6.45) is 0.257. The van der Waals surface area contributed by atoms with E-state index in [1.165, 1.54) is 36.2 Å². The van der Waals surface area contributed by atoms with Crippen molar-refractivity contribution in [3.05, 3.63) is 131 Å². The van der Waals surface area contributed by atoms with Gasteiger partial charge in [0.25, 0.3) is 10.0 Å². The Labute approximate surface area is 246 Å². The Morgan fingerprint density at radius 3 is 2.05 bits per heavy atom. The van der Waals surface area contributed by atoms with E-state index in [-0.39, 0.29) is 23.8 Å². The topological polar surface area (TPSA) is 86.8 Å². The minimum atomic E-state index is -4.16. The predicted molar refractivity (Wildman–Crippen MR) is 162 cm³/mol. The lowest BCUT2D eigenvalue weighted by Gasteiger charge is -2.33. The summed E-state index contributed by atoms with van der Waals surface area (Å²) >= 11 is 6.01. The standard InChI is InChI=1S/C32H32ClN3O4S/c1-24-10-9-13-26(20-24)22-35(30(32(38)34-2)21-25-11-5-3-6-12-25)31(37)23-36(28-14-7-4-8-15-28)41(39,40)29-18-16-27(33)17-19-29/h3-20,30H,21-23H2,1-2H3,(H,34,38). The lowest BCUT2D eigenvalue weighted by atomic mass is 10.0. The molecule has 212 valence electrons. The summed E-state index contributed by atoms with van der Waals surface area (Å²) in [6.45, 7) is 1.56. The summed E-state index contributed by atoms with van der Waals surface area (Å²) in [5, 5.41) is 3.08. The van der Waals surface area contributed by atoms with Crippen LogP contribution >= 0.6 is 11.6 Å². The second-order valence-electron chi connectivity index (χ2n) is 9.63. The average Bonchev–Trinajstić information content (AvgIpc) is 2.98. The number of nitrogens with one attached hydrogen (secondary N) is 1. The molecule has 0 spiro atoms. The Balaban J connectivity index is 1.77. The van der Waals surface area contributed by atoms with Crippen molar-refractivity contribution in [2.75, 3.05) is 17.9 Å². The van der Waals surface area contributed by atoms with Crippen LogP contribution in [0.25, 0.3) is 0 Å². The van der Waals surface area contributed by atoms with E-state index in [1.54, 1.807) is 30.3 Å². The first-order chi connectivity index (χ1) is 19.7. The van der Waals surface area contributed by atoms with Crippen LogP contribution in [0.5, 0.6) is 0 Å². The van der Waals surface area contributed by atoms with E-state index in [0.717, 1.165) is 21.0 Å². The van der Waals surface area contributed by atoms with Gasteiger partial charge in [0.2, 0.25) is 11.8 Å². The maximum atomic E-state index is 14.2. The van der Waals surface area contributed by atoms with Gasteiger partial charge in [-0.2, -0.15) is 0 Å². The molecule has 0 aliphatic carbocycles. The van der Waals surface area contributed by atoms with Crippen LogP contribution < -0.4 is 9.62 Å². The van der Waals surface area contributed by atoms with Crippen molar-refractivity contribution in [2.45, 2.75) is 30.8 Å². The van der Waals surface area contributed by atoms with Gasteiger partial charge in [-0.15, -0.1) is 0 Å². The highest BCUT2D eigenvalue weighted by molar-refractivity contribution is 7.92. The number of aryl methyl sites for hydroxylation is 1. The molecule has 0 heterocycles. The summed E-state index contributed by atoms with van der Waals surface area (Å²) in [4.78, 5) is 29.0. The smallest absolute Gasteiger partial charge is 0.264 e. The highest BCUT2D eigenvalue weighted by atomic mass is 35.5. The monoisotopic (exact) mass is 589 g/mol. The zero-order valence-electron chi connectivity index (χ0n) is 22.9. The minimum Gasteiger partial charge on any atom is -0.357 e. The van der Waals surface area contributed by atoms with Crippen LogP contribution in [-0.4, -0.2) is 44.8 Å². The fourth-order valence-electron chi connectivity index (χ4n) is 4.58. The molecule has 0 aromatic heterocycles. The Bertz CT molecular complexity index is 1580. The van der Waals surface area contributed by atoms with Crippen molar-refractivity contribution in [3.8, 4) is 0 Å². The van der Waals surface area contributed by atoms with Crippen molar-refractivity contribution < 1.29 is 18.0 Å². The number of amides is 2. The predicted octanol–water partition coefficient (Wildman–Crippen LogP) is 5.23. The molecule has 1 unspecified atom stereocenters. The SMILES string of the molecule is CNC(=O)C(Cc1ccccc1)N(Cc1cccc(C)c1)C(=O)CN(c1ccccc1)S(=O)(=O)c1ccc(Cl)cc1. The summed E-state index contributed by atoms with van der Waals surface area (Å²) in [5.41, 5.74) is 3.03. The molecule has 4 aromatic carbocycles. The van der Waals surface area contributed by atoms with Crippen LogP contribution in [0.4, 0.5) is 5.69 Å². The second kappa shape index (κ2) is 13.5. The van der Waals surface area contributed by atoms with Gasteiger partial charge in [-0.3, -0.25) is 13.9 Å². The number of hydrogen-bond donors (Lipinski definition) is 1. The lowest BCUT2D eigenvalue weighted by molar-refractivity contribution is -0.139. The molecule has 4 rings (SSSR count). The molecule has 2 amide bonds. The first kappa shape index (κ1) is 29.8. The Morgan fingerprint density at radius 1 is 0.829 bits per heavy atom. The molecule has 1 atom stereocenters. The van der Waals surface area contributed by atoms with E-state index >= 15 is 0 Å². The van der Waals surface area contributed by atoms with Gasteiger partial charge in [0.1, 0.15) is 12.6 Å². The van der Waals surface area contributed by atoms with E-state index in [4.69, 9.17) is 11.6 Å². The minimum absolute atomic E-state index is 0.00377. The van der Waals surface area contributed by atoms with Crippen molar-refractivity contribution >= 4 is 39.1 Å². The molecule has 0 fully saturated rings. The maximum Gasteiger partial charge on any atom is 0.264 e. The molecule has 9 heteroatoms. The molecule has 0 saturated carbocycles. The van der Waals surface area contributed by atoms with Crippen LogP contribution in [0.2, 0.25) is 5.02 Å². The van der Waals surface area contributed by atoms with Gasteiger partial charge < -0.3 is 10.2 Å². The number of nitrogens with zero attached hydrogens (tertiary/aromatic N) is 2. The molecule has 0 aliphatic rings. The molecule has 41 heavy (non-hydrogen) atoms. The van der Waals surface area contributed by atoms with Crippen LogP contribution in [-0.2, 0) is 32.6 Å². The summed E-state index contributed by atoms with van der Waals surface area (Å²) < 4.78 is 28.9. The third-order valence-electron chi connectivity index (χ3n) is 6.68. The number of rotatable bonds is 11. The van der Waals surface area contributed by atoms with Crippen LogP contribution in [0.1, 0.15) is 16.7 Å². The van der Waals surface area contributed by atoms with E-state index in [1.807, 2.05) is 61.5 Å². The van der Waals surface area contributed by atoms with Crippen LogP contribution in [0.3, 0.4) is 0 Å². The van der Waals surface area contributed by atoms with Crippen LogP contribution in [0, 0.1) is 6.92 Å². The average molecular weight is 590 g/mol. The van der Waals surface area contributed by atoms with E-state index < -0.39 is 28.5 Å².